The van der Waals surface area contributed by atoms with Gasteiger partial charge in [0.1, 0.15) is 5.75 Å². The number of amides is 1. The number of carboxylic acids is 1. The summed E-state index contributed by atoms with van der Waals surface area (Å²) in [6.45, 7) is 1.35. The van der Waals surface area contributed by atoms with Crippen LogP contribution in [-0.2, 0) is 16.0 Å². The molecule has 0 aliphatic carbocycles. The van der Waals surface area contributed by atoms with Gasteiger partial charge in [-0.3, -0.25) is 14.5 Å². The summed E-state index contributed by atoms with van der Waals surface area (Å²) in [7, 11) is 1.75. The number of nitrogens with one attached hydrogen (secondary N) is 1. The van der Waals surface area contributed by atoms with E-state index in [0.717, 1.165) is 33.7 Å². The lowest BCUT2D eigenvalue weighted by atomic mass is 10.0. The molecule has 10 heteroatoms. The molecule has 0 saturated carbocycles. The smallest absolute Gasteiger partial charge is 0.341 e. The van der Waals surface area contributed by atoms with Gasteiger partial charge in [-0.25, -0.2) is 4.79 Å². The Morgan fingerprint density at radius 2 is 2.12 bits per heavy atom. The maximum absolute atomic E-state index is 13.3. The number of nitrogens with zero attached hydrogens (tertiary/aromatic N) is 2. The molecule has 3 N–H and O–H groups in total. The molecule has 1 fully saturated rings. The minimum atomic E-state index is -1.07. The third-order valence-corrected chi connectivity index (χ3v) is 6.85. The van der Waals surface area contributed by atoms with Crippen LogP contribution in [0.4, 0.5) is 0 Å². The van der Waals surface area contributed by atoms with E-state index in [2.05, 4.69) is 9.88 Å². The molecule has 1 aromatic heterocycles. The van der Waals surface area contributed by atoms with Crippen LogP contribution in [0.2, 0.25) is 0 Å². The van der Waals surface area contributed by atoms with E-state index in [4.69, 9.17) is 9.84 Å². The summed E-state index contributed by atoms with van der Waals surface area (Å²) in [5, 5.41) is 18.9. The highest BCUT2D eigenvalue weighted by atomic mass is 32.1. The average Bonchev–Trinajstić information content (AvgIpc) is 3.39. The number of aliphatic hydroxyl groups excluding tert-OH is 1. The first-order valence-electron chi connectivity index (χ1n) is 11.0. The number of thiazole rings is 1. The number of H-pyrrole nitrogens is 1. The molecule has 1 amide bonds. The van der Waals surface area contributed by atoms with Crippen LogP contribution in [0.3, 0.4) is 0 Å². The first-order valence-corrected chi connectivity index (χ1v) is 11.8. The maximum atomic E-state index is 13.3. The number of carbonyl (C=O) groups excluding carboxylic acids is 1. The number of hydrogen-bond acceptors (Lipinski definition) is 7. The Morgan fingerprint density at radius 1 is 1.29 bits per heavy atom. The number of hydrogen-bond donors (Lipinski definition) is 3. The topological polar surface area (TPSA) is 123 Å². The molecule has 2 heterocycles. The molecule has 180 valence electrons. The van der Waals surface area contributed by atoms with Crippen LogP contribution in [0.15, 0.2) is 47.3 Å². The van der Waals surface area contributed by atoms with E-state index >= 15 is 0 Å². The number of likely N-dealkylation sites (tertiary alicyclic amines) is 1. The molecule has 2 aromatic carbocycles. The first-order chi connectivity index (χ1) is 16.3. The van der Waals surface area contributed by atoms with Crippen LogP contribution in [0.25, 0.3) is 10.2 Å². The molecule has 1 aliphatic rings. The van der Waals surface area contributed by atoms with Crippen molar-refractivity contribution in [1.82, 2.24) is 14.8 Å². The Morgan fingerprint density at radius 3 is 2.85 bits per heavy atom. The summed E-state index contributed by atoms with van der Waals surface area (Å²) in [6.07, 6.45) is 0.468. The lowest BCUT2D eigenvalue weighted by Crippen LogP contribution is -2.39. The Balaban J connectivity index is 1.55. The standard InChI is InChI=1S/C24H27N3O6S/c1-26(22(29)10-15-5-6-21-19(9-15)25-24(32)34-21)20(13-27-8-7-17(28)12-27)16-3-2-4-18(11-16)33-14-23(30)31/h2-6,9,11,17,20,28H,7-8,10,12-14H2,1H3,(H,25,32)(H,30,31)/t17?,20-/m1/s1. The predicted molar refractivity (Wildman–Crippen MR) is 128 cm³/mol. The SMILES string of the molecule is CN(C(=O)Cc1ccc2sc(=O)[nH]c2c1)[C@H](CN1CCC(O)C1)c1cccc(OCC(=O)O)c1. The van der Waals surface area contributed by atoms with Crippen molar-refractivity contribution < 1.29 is 24.5 Å². The summed E-state index contributed by atoms with van der Waals surface area (Å²) in [6, 6.07) is 12.3. The highest BCUT2D eigenvalue weighted by Gasteiger charge is 2.28. The third-order valence-electron chi connectivity index (χ3n) is 5.98. The van der Waals surface area contributed by atoms with Crippen molar-refractivity contribution >= 4 is 33.4 Å². The normalized spacial score (nSPS) is 17.1. The van der Waals surface area contributed by atoms with Crippen LogP contribution in [0.1, 0.15) is 23.6 Å². The molecule has 0 bridgehead atoms. The van der Waals surface area contributed by atoms with E-state index < -0.39 is 12.6 Å². The molecule has 1 unspecified atom stereocenters. The number of likely N-dealkylation sites (N-methyl/N-ethyl adjacent to an activating group) is 1. The van der Waals surface area contributed by atoms with Crippen LogP contribution in [-0.4, -0.2) is 76.3 Å². The Labute approximate surface area is 200 Å². The fourth-order valence-corrected chi connectivity index (χ4v) is 4.93. The molecular formula is C24H27N3O6S. The third kappa shape index (κ3) is 5.82. The van der Waals surface area contributed by atoms with Crippen LogP contribution in [0, 0.1) is 0 Å². The molecule has 34 heavy (non-hydrogen) atoms. The first kappa shape index (κ1) is 23.9. The van der Waals surface area contributed by atoms with Gasteiger partial charge >= 0.3 is 10.8 Å². The quantitative estimate of drug-likeness (QED) is 0.423. The van der Waals surface area contributed by atoms with Crippen LogP contribution in [0.5, 0.6) is 5.75 Å². The summed E-state index contributed by atoms with van der Waals surface area (Å²) in [5.41, 5.74) is 2.33. The zero-order chi connectivity index (χ0) is 24.2. The van der Waals surface area contributed by atoms with Gasteiger partial charge in [-0.1, -0.05) is 29.5 Å². The fraction of sp³-hybridized carbons (Fsp3) is 0.375. The second-order valence-electron chi connectivity index (χ2n) is 8.50. The molecule has 0 spiro atoms. The van der Waals surface area contributed by atoms with Crippen molar-refractivity contribution in [2.75, 3.05) is 33.3 Å². The highest BCUT2D eigenvalue weighted by Crippen LogP contribution is 2.27. The molecule has 0 radical (unpaired) electrons. The molecule has 1 saturated heterocycles. The number of aromatic amines is 1. The Hall–Kier alpha value is -3.21. The number of aliphatic hydroxyl groups is 1. The number of fused-ring (bicyclic) bond motifs is 1. The lowest BCUT2D eigenvalue weighted by molar-refractivity contribution is -0.139. The fourth-order valence-electron chi connectivity index (χ4n) is 4.21. The number of rotatable bonds is 9. The number of carboxylic acid groups (broad SMARTS) is 1. The summed E-state index contributed by atoms with van der Waals surface area (Å²) in [5.74, 6) is -0.748. The number of aliphatic carboxylic acids is 1. The van der Waals surface area contributed by atoms with E-state index in [1.54, 1.807) is 30.1 Å². The van der Waals surface area contributed by atoms with Gasteiger partial charge in [0, 0.05) is 26.7 Å². The van der Waals surface area contributed by atoms with Crippen molar-refractivity contribution in [3.8, 4) is 5.75 Å². The van der Waals surface area contributed by atoms with Gasteiger partial charge in [0.2, 0.25) is 5.91 Å². The Kier molecular flexibility index (Phi) is 7.30. The number of benzene rings is 2. The molecule has 1 aliphatic heterocycles. The predicted octanol–water partition coefficient (Wildman–Crippen LogP) is 1.86. The Bertz CT molecular complexity index is 1240. The van der Waals surface area contributed by atoms with Crippen molar-refractivity contribution in [3.05, 3.63) is 63.3 Å². The highest BCUT2D eigenvalue weighted by molar-refractivity contribution is 7.16. The van der Waals surface area contributed by atoms with E-state index in [9.17, 15) is 19.5 Å². The van der Waals surface area contributed by atoms with E-state index in [0.29, 0.717) is 30.8 Å². The molecule has 3 aromatic rings. The average molecular weight is 486 g/mol. The number of ether oxygens (including phenoxy) is 1. The number of carbonyl (C=O) groups is 2. The maximum Gasteiger partial charge on any atom is 0.341 e. The zero-order valence-corrected chi connectivity index (χ0v) is 19.6. The molecule has 9 nitrogen and oxygen atoms in total. The van der Waals surface area contributed by atoms with Crippen molar-refractivity contribution in [2.24, 2.45) is 0 Å². The minimum Gasteiger partial charge on any atom is -0.482 e. The summed E-state index contributed by atoms with van der Waals surface area (Å²) >= 11 is 1.13. The van der Waals surface area contributed by atoms with E-state index in [1.165, 1.54) is 0 Å². The van der Waals surface area contributed by atoms with Crippen LogP contribution >= 0.6 is 11.3 Å². The van der Waals surface area contributed by atoms with Gasteiger partial charge in [-0.05, 0) is 41.8 Å². The zero-order valence-electron chi connectivity index (χ0n) is 18.8. The lowest BCUT2D eigenvalue weighted by Gasteiger charge is -2.32. The molecule has 4 rings (SSSR count). The van der Waals surface area contributed by atoms with Crippen molar-refractivity contribution in [2.45, 2.75) is 25.0 Å². The summed E-state index contributed by atoms with van der Waals surface area (Å²) in [4.78, 5) is 42.2. The molecule has 2 atom stereocenters. The van der Waals surface area contributed by atoms with Gasteiger partial charge in [-0.2, -0.15) is 0 Å². The van der Waals surface area contributed by atoms with Crippen molar-refractivity contribution in [1.29, 1.82) is 0 Å². The van der Waals surface area contributed by atoms with E-state index in [1.807, 2.05) is 24.3 Å². The van der Waals surface area contributed by atoms with Gasteiger partial charge in [-0.15, -0.1) is 0 Å². The van der Waals surface area contributed by atoms with Crippen LogP contribution < -0.4 is 9.61 Å². The van der Waals surface area contributed by atoms with Gasteiger partial charge in [0.25, 0.3) is 0 Å². The summed E-state index contributed by atoms with van der Waals surface area (Å²) < 4.78 is 6.18. The second kappa shape index (κ2) is 10.4. The van der Waals surface area contributed by atoms with Crippen molar-refractivity contribution in [3.63, 3.8) is 0 Å². The van der Waals surface area contributed by atoms with Gasteiger partial charge < -0.3 is 24.8 Å². The molecular weight excluding hydrogens is 458 g/mol. The van der Waals surface area contributed by atoms with E-state index in [-0.39, 0.29) is 29.3 Å². The van der Waals surface area contributed by atoms with Gasteiger partial charge in [0.05, 0.1) is 28.8 Å². The number of β-amino-alcohol motifs (C(OH)–C–C–N with tert-alkyl or cyclic N) is 1. The second-order valence-corrected chi connectivity index (χ2v) is 9.51. The number of aromatic nitrogens is 1. The largest absolute Gasteiger partial charge is 0.482 e. The minimum absolute atomic E-state index is 0.0986. The van der Waals surface area contributed by atoms with Gasteiger partial charge in [0.15, 0.2) is 6.61 Å². The monoisotopic (exact) mass is 485 g/mol.